The van der Waals surface area contributed by atoms with Crippen LogP contribution in [0.5, 0.6) is 11.8 Å². The Balaban J connectivity index is 0.943. The van der Waals surface area contributed by atoms with Gasteiger partial charge in [-0.05, 0) is 48.6 Å². The normalized spacial score (nSPS) is 20.9. The van der Waals surface area contributed by atoms with E-state index in [4.69, 9.17) is 24.4 Å². The monoisotopic (exact) mass is 731 g/mol. The lowest BCUT2D eigenvalue weighted by Crippen LogP contribution is -2.72. The van der Waals surface area contributed by atoms with Gasteiger partial charge in [0, 0.05) is 112 Å². The van der Waals surface area contributed by atoms with E-state index in [2.05, 4.69) is 9.80 Å². The van der Waals surface area contributed by atoms with Gasteiger partial charge >= 0.3 is 0 Å². The van der Waals surface area contributed by atoms with Crippen molar-refractivity contribution in [1.82, 2.24) is 34.6 Å². The maximum atomic E-state index is 16.7. The first-order chi connectivity index (χ1) is 26.0. The summed E-state index contributed by atoms with van der Waals surface area (Å²) in [5.74, 6) is 0.975. The average molecular weight is 732 g/mol. The molecule has 54 heavy (non-hydrogen) atoms. The number of nitrogens with zero attached hydrogens (tertiary/aromatic N) is 7. The highest BCUT2D eigenvalue weighted by Crippen LogP contribution is 2.50. The van der Waals surface area contributed by atoms with Crippen LogP contribution in [0.3, 0.4) is 0 Å². The molecule has 2 aromatic heterocycles. The summed E-state index contributed by atoms with van der Waals surface area (Å²) in [6.07, 6.45) is 3.61. The van der Waals surface area contributed by atoms with Gasteiger partial charge in [-0.25, -0.2) is 14.4 Å². The molecule has 1 atom stereocenters. The molecule has 0 radical (unpaired) electrons. The quantitative estimate of drug-likeness (QED) is 0.244. The van der Waals surface area contributed by atoms with E-state index in [0.29, 0.717) is 40.8 Å². The molecular formula is C42H46FN7O4. The molecule has 0 N–H and O–H groups in total. The number of methoxy groups -OCH3 is 2. The van der Waals surface area contributed by atoms with Gasteiger partial charge in [0.1, 0.15) is 11.5 Å². The number of amides is 2. The summed E-state index contributed by atoms with van der Waals surface area (Å²) in [5.41, 5.74) is 8.07. The molecule has 5 aliphatic rings. The van der Waals surface area contributed by atoms with Gasteiger partial charge in [-0.3, -0.25) is 24.4 Å². The van der Waals surface area contributed by atoms with Crippen LogP contribution in [0.4, 0.5) is 4.39 Å². The maximum absolute atomic E-state index is 16.7. The fourth-order valence-electron chi connectivity index (χ4n) is 9.82. The predicted molar refractivity (Wildman–Crippen MR) is 201 cm³/mol. The van der Waals surface area contributed by atoms with Crippen LogP contribution < -0.4 is 9.47 Å². The zero-order chi connectivity index (χ0) is 37.5. The number of benzene rings is 2. The Morgan fingerprint density at radius 1 is 0.796 bits per heavy atom. The molecule has 4 fully saturated rings. The zero-order valence-electron chi connectivity index (χ0n) is 31.6. The number of ether oxygens (including phenoxy) is 2. The van der Waals surface area contributed by atoms with Crippen molar-refractivity contribution in [3.63, 3.8) is 0 Å². The van der Waals surface area contributed by atoms with E-state index in [1.165, 1.54) is 0 Å². The number of likely N-dealkylation sites (tertiary alicyclic amines) is 4. The zero-order valence-corrected chi connectivity index (χ0v) is 31.6. The Morgan fingerprint density at radius 3 is 2.04 bits per heavy atom. The van der Waals surface area contributed by atoms with Crippen molar-refractivity contribution in [2.45, 2.75) is 46.2 Å². The van der Waals surface area contributed by atoms with Crippen molar-refractivity contribution in [1.29, 1.82) is 0 Å². The molecule has 280 valence electrons. The van der Waals surface area contributed by atoms with Gasteiger partial charge in [0.05, 0.1) is 31.8 Å². The number of rotatable bonds is 8. The van der Waals surface area contributed by atoms with Crippen LogP contribution in [0.2, 0.25) is 0 Å². The number of carbonyl (C=O) groups is 2. The molecule has 4 saturated heterocycles. The second-order valence-corrected chi connectivity index (χ2v) is 16.3. The van der Waals surface area contributed by atoms with E-state index in [-0.39, 0.29) is 34.5 Å². The number of aryl methyl sites for hydroxylation is 1. The second kappa shape index (κ2) is 12.8. The summed E-state index contributed by atoms with van der Waals surface area (Å²) < 4.78 is 28.3. The number of aromatic nitrogens is 3. The van der Waals surface area contributed by atoms with Crippen molar-refractivity contribution in [2.24, 2.45) is 10.8 Å². The maximum Gasteiger partial charge on any atom is 0.237 e. The van der Waals surface area contributed by atoms with Crippen LogP contribution >= 0.6 is 0 Å². The number of fused-ring (bicyclic) bond motifs is 1. The lowest BCUT2D eigenvalue weighted by molar-refractivity contribution is -0.161. The Labute approximate surface area is 315 Å². The van der Waals surface area contributed by atoms with Crippen molar-refractivity contribution < 1.29 is 23.5 Å². The van der Waals surface area contributed by atoms with Crippen LogP contribution in [-0.2, 0) is 22.6 Å². The van der Waals surface area contributed by atoms with Crippen LogP contribution in [0.15, 0.2) is 48.7 Å². The molecule has 1 aliphatic carbocycles. The minimum atomic E-state index is -0.337. The fourth-order valence-corrected chi connectivity index (χ4v) is 9.82. The third-order valence-electron chi connectivity index (χ3n) is 12.5. The van der Waals surface area contributed by atoms with Crippen LogP contribution in [0.1, 0.15) is 48.7 Å². The molecule has 12 heteroatoms. The Bertz CT molecular complexity index is 2180. The molecule has 2 spiro atoms. The average Bonchev–Trinajstić information content (AvgIpc) is 3.51. The molecule has 6 heterocycles. The van der Waals surface area contributed by atoms with Crippen molar-refractivity contribution in [2.75, 3.05) is 66.6 Å². The third kappa shape index (κ3) is 5.64. The third-order valence-corrected chi connectivity index (χ3v) is 12.5. The summed E-state index contributed by atoms with van der Waals surface area (Å²) in [5, 5.41) is 0. The molecule has 2 aromatic carbocycles. The summed E-state index contributed by atoms with van der Waals surface area (Å²) in [6, 6.07) is 13.6. The summed E-state index contributed by atoms with van der Waals surface area (Å²) in [4.78, 5) is 46.6. The summed E-state index contributed by atoms with van der Waals surface area (Å²) in [6.45, 7) is 13.0. The lowest BCUT2D eigenvalue weighted by Gasteiger charge is -2.61. The highest BCUT2D eigenvalue weighted by atomic mass is 19.1. The number of hydrogen-bond acceptors (Lipinski definition) is 9. The first kappa shape index (κ1) is 34.8. The van der Waals surface area contributed by atoms with Gasteiger partial charge in [-0.2, -0.15) is 0 Å². The first-order valence-electron chi connectivity index (χ1n) is 18.8. The van der Waals surface area contributed by atoms with Gasteiger partial charge in [0.25, 0.3) is 0 Å². The van der Waals surface area contributed by atoms with Crippen molar-refractivity contribution in [3.8, 4) is 45.4 Å². The molecule has 11 nitrogen and oxygen atoms in total. The van der Waals surface area contributed by atoms with E-state index in [1.54, 1.807) is 40.3 Å². The van der Waals surface area contributed by atoms with Gasteiger partial charge in [0.2, 0.25) is 23.6 Å². The van der Waals surface area contributed by atoms with Gasteiger partial charge in [0.15, 0.2) is 0 Å². The van der Waals surface area contributed by atoms with Crippen molar-refractivity contribution >= 4 is 11.8 Å². The Hall–Kier alpha value is -4.94. The predicted octanol–water partition coefficient (Wildman–Crippen LogP) is 5.15. The minimum absolute atomic E-state index is 0.137. The molecule has 0 saturated carbocycles. The topological polar surface area (TPSA) is 104 Å². The number of pyridine rings is 1. The molecule has 2 amide bonds. The van der Waals surface area contributed by atoms with E-state index in [0.717, 1.165) is 98.7 Å². The van der Waals surface area contributed by atoms with Crippen LogP contribution in [-0.4, -0.2) is 113 Å². The summed E-state index contributed by atoms with van der Waals surface area (Å²) >= 11 is 0. The largest absolute Gasteiger partial charge is 0.481 e. The minimum Gasteiger partial charge on any atom is -0.481 e. The molecule has 4 aromatic rings. The van der Waals surface area contributed by atoms with Crippen LogP contribution in [0, 0.1) is 23.6 Å². The Kier molecular flexibility index (Phi) is 8.27. The molecule has 1 unspecified atom stereocenters. The van der Waals surface area contributed by atoms with E-state index in [9.17, 15) is 9.59 Å². The Morgan fingerprint density at radius 2 is 1.39 bits per heavy atom. The van der Waals surface area contributed by atoms with Gasteiger partial charge in [-0.15, -0.1) is 0 Å². The van der Waals surface area contributed by atoms with Crippen molar-refractivity contribution in [3.05, 3.63) is 76.9 Å². The van der Waals surface area contributed by atoms with E-state index < -0.39 is 0 Å². The highest BCUT2D eigenvalue weighted by Gasteiger charge is 2.55. The standard InChI is InChI=1S/C42H46FN7O4/c1-25-29(8-6-9-30(25)34-15-44-35(39(46-34)53-4)16-47-17-41(18-47)19-48(20-41)26(2)51)31-10-7-11-32(38(31)43)33-14-28-12-13-36(37(28)40(45-33)54-5)50-23-42(24-50)21-49(22-42)27(3)52/h6-11,14-15,36H,12-13,16-24H2,1-5H3. The van der Waals surface area contributed by atoms with E-state index >= 15 is 4.39 Å². The van der Waals surface area contributed by atoms with Gasteiger partial charge in [-0.1, -0.05) is 30.3 Å². The van der Waals surface area contributed by atoms with E-state index in [1.807, 2.05) is 53.1 Å². The van der Waals surface area contributed by atoms with Crippen LogP contribution in [0.25, 0.3) is 33.6 Å². The number of halogens is 1. The molecular weight excluding hydrogens is 686 g/mol. The lowest BCUT2D eigenvalue weighted by atomic mass is 9.72. The smallest absolute Gasteiger partial charge is 0.237 e. The molecule has 4 aliphatic heterocycles. The SMILES string of the molecule is COc1nc(-c2cccc(-c3cccc(-c4cc5c(c(OC)n4)C(N4CC6(CN(C(C)=O)C6)C4)CC5)c3F)c2C)cnc1CN1CC2(C1)CN(C(C)=O)C2. The number of hydrogen-bond donors (Lipinski definition) is 0. The van der Waals surface area contributed by atoms with Gasteiger partial charge < -0.3 is 19.3 Å². The second-order valence-electron chi connectivity index (χ2n) is 16.3. The summed E-state index contributed by atoms with van der Waals surface area (Å²) in [7, 11) is 3.25. The fraction of sp³-hybridized carbons (Fsp3) is 0.452. The molecule has 0 bridgehead atoms. The number of carbonyl (C=O) groups excluding carboxylic acids is 2. The molecule has 9 rings (SSSR count). The first-order valence-corrected chi connectivity index (χ1v) is 18.8. The highest BCUT2D eigenvalue weighted by molar-refractivity contribution is 5.80.